The minimum Gasteiger partial charge on any atom is -0.508 e. The smallest absolute Gasteiger partial charge is 0.119 e. The molecule has 1 unspecified atom stereocenters. The van der Waals surface area contributed by atoms with Crippen LogP contribution in [0.5, 0.6) is 17.2 Å². The fourth-order valence-corrected chi connectivity index (χ4v) is 1.92. The maximum Gasteiger partial charge on any atom is 0.119 e. The minimum absolute atomic E-state index is 0.0727. The molecule has 2 rings (SSSR count). The largest absolute Gasteiger partial charge is 0.508 e. The van der Waals surface area contributed by atoms with E-state index in [1.54, 1.807) is 0 Å². The molecule has 1 atom stereocenters. The first-order chi connectivity index (χ1) is 10.1. The van der Waals surface area contributed by atoms with Crippen LogP contribution in [0, 0.1) is 0 Å². The van der Waals surface area contributed by atoms with Gasteiger partial charge in [-0.15, -0.1) is 0 Å². The average molecular weight is 289 g/mol. The van der Waals surface area contributed by atoms with Crippen LogP contribution in [-0.4, -0.2) is 35.0 Å². The topological polar surface area (TPSA) is 82.0 Å². The van der Waals surface area contributed by atoms with Gasteiger partial charge < -0.3 is 25.4 Å². The van der Waals surface area contributed by atoms with Gasteiger partial charge in [0.1, 0.15) is 23.9 Å². The lowest BCUT2D eigenvalue weighted by atomic mass is 10.1. The number of aromatic hydroxyl groups is 2. The Hall–Kier alpha value is -2.24. The maximum absolute atomic E-state index is 9.96. The molecule has 0 bridgehead atoms. The van der Waals surface area contributed by atoms with Gasteiger partial charge in [0.25, 0.3) is 0 Å². The van der Waals surface area contributed by atoms with Crippen LogP contribution in [0.2, 0.25) is 0 Å². The molecule has 0 aliphatic heterocycles. The van der Waals surface area contributed by atoms with Crippen LogP contribution in [0.4, 0.5) is 0 Å². The summed E-state index contributed by atoms with van der Waals surface area (Å²) in [6, 6.07) is 13.6. The summed E-state index contributed by atoms with van der Waals surface area (Å²) in [6.07, 6.45) is -0.806. The van der Waals surface area contributed by atoms with Crippen molar-refractivity contribution in [3.05, 3.63) is 54.1 Å². The number of benzene rings is 2. The minimum atomic E-state index is -0.806. The molecule has 0 amide bonds. The molecule has 0 saturated heterocycles. The van der Waals surface area contributed by atoms with Crippen LogP contribution in [0.25, 0.3) is 0 Å². The summed E-state index contributed by atoms with van der Waals surface area (Å²) in [5.74, 6) is 0.658. The van der Waals surface area contributed by atoms with E-state index >= 15 is 0 Å². The second kappa shape index (κ2) is 7.52. The lowest BCUT2D eigenvalue weighted by Crippen LogP contribution is -2.26. The van der Waals surface area contributed by atoms with E-state index in [0.29, 0.717) is 25.3 Å². The molecule has 0 fully saturated rings. The maximum atomic E-state index is 9.96. The fourth-order valence-electron chi connectivity index (χ4n) is 1.92. The van der Waals surface area contributed by atoms with E-state index in [4.69, 9.17) is 4.74 Å². The number of aliphatic hydroxyl groups is 1. The first-order valence-corrected chi connectivity index (χ1v) is 6.74. The molecule has 0 radical (unpaired) electrons. The highest BCUT2D eigenvalue weighted by Crippen LogP contribution is 2.24. The van der Waals surface area contributed by atoms with E-state index in [1.807, 2.05) is 30.3 Å². The number of rotatable bonds is 7. The van der Waals surface area contributed by atoms with Crippen LogP contribution < -0.4 is 10.1 Å². The Morgan fingerprint density at radius 1 is 1.00 bits per heavy atom. The van der Waals surface area contributed by atoms with Crippen molar-refractivity contribution in [1.82, 2.24) is 5.32 Å². The van der Waals surface area contributed by atoms with Gasteiger partial charge in [-0.1, -0.05) is 18.2 Å². The molecule has 5 nitrogen and oxygen atoms in total. The van der Waals surface area contributed by atoms with Crippen LogP contribution in [-0.2, 0) is 0 Å². The summed E-state index contributed by atoms with van der Waals surface area (Å²) < 4.78 is 5.51. The molecule has 0 aromatic heterocycles. The normalized spacial score (nSPS) is 12.0. The van der Waals surface area contributed by atoms with E-state index in [-0.39, 0.29) is 11.5 Å². The van der Waals surface area contributed by atoms with Crippen molar-refractivity contribution in [2.24, 2.45) is 0 Å². The van der Waals surface area contributed by atoms with Gasteiger partial charge in [-0.3, -0.25) is 0 Å². The number of phenols is 2. The summed E-state index contributed by atoms with van der Waals surface area (Å²) in [7, 11) is 0. The predicted octanol–water partition coefficient (Wildman–Crippen LogP) is 1.80. The molecular formula is C16H19NO4. The van der Waals surface area contributed by atoms with E-state index in [0.717, 1.165) is 5.75 Å². The van der Waals surface area contributed by atoms with Gasteiger partial charge in [-0.25, -0.2) is 0 Å². The molecule has 0 aliphatic rings. The van der Waals surface area contributed by atoms with Gasteiger partial charge in [0.15, 0.2) is 0 Å². The standard InChI is InChI=1S/C16H19NO4/c18-13-8-12(9-14(19)10-13)16(20)11-17-6-7-21-15-4-2-1-3-5-15/h1-5,8-10,16-20H,6-7,11H2. The van der Waals surface area contributed by atoms with Gasteiger partial charge >= 0.3 is 0 Å². The Kier molecular flexibility index (Phi) is 5.43. The second-order valence-electron chi connectivity index (χ2n) is 4.66. The van der Waals surface area contributed by atoms with E-state index in [9.17, 15) is 15.3 Å². The number of ether oxygens (including phenoxy) is 1. The number of para-hydroxylation sites is 1. The molecular weight excluding hydrogens is 270 g/mol. The average Bonchev–Trinajstić information content (AvgIpc) is 2.47. The molecule has 112 valence electrons. The Bertz CT molecular complexity index is 539. The highest BCUT2D eigenvalue weighted by molar-refractivity contribution is 5.37. The Labute approximate surface area is 123 Å². The summed E-state index contributed by atoms with van der Waals surface area (Å²) >= 11 is 0. The van der Waals surface area contributed by atoms with Gasteiger partial charge in [0.05, 0.1) is 6.10 Å². The zero-order valence-electron chi connectivity index (χ0n) is 11.6. The molecule has 2 aromatic rings. The first-order valence-electron chi connectivity index (χ1n) is 6.74. The van der Waals surface area contributed by atoms with Gasteiger partial charge in [-0.05, 0) is 29.8 Å². The lowest BCUT2D eigenvalue weighted by molar-refractivity contribution is 0.171. The summed E-state index contributed by atoms with van der Waals surface area (Å²) in [4.78, 5) is 0. The van der Waals surface area contributed by atoms with Crippen molar-refractivity contribution >= 4 is 0 Å². The Balaban J connectivity index is 1.70. The zero-order chi connectivity index (χ0) is 15.1. The molecule has 0 spiro atoms. The summed E-state index contributed by atoms with van der Waals surface area (Å²) in [6.45, 7) is 1.37. The monoisotopic (exact) mass is 289 g/mol. The molecule has 2 aromatic carbocycles. The van der Waals surface area contributed by atoms with Gasteiger partial charge in [-0.2, -0.15) is 0 Å². The number of hydrogen-bond donors (Lipinski definition) is 4. The molecule has 5 heteroatoms. The van der Waals surface area contributed by atoms with Crippen molar-refractivity contribution in [2.45, 2.75) is 6.10 Å². The van der Waals surface area contributed by atoms with E-state index in [2.05, 4.69) is 5.32 Å². The van der Waals surface area contributed by atoms with Crippen LogP contribution in [0.3, 0.4) is 0 Å². The van der Waals surface area contributed by atoms with Crippen LogP contribution in [0.15, 0.2) is 48.5 Å². The predicted molar refractivity (Wildman–Crippen MR) is 79.5 cm³/mol. The second-order valence-corrected chi connectivity index (χ2v) is 4.66. The number of phenolic OH excluding ortho intramolecular Hbond substituents is 2. The van der Waals surface area contributed by atoms with Crippen molar-refractivity contribution in [2.75, 3.05) is 19.7 Å². The van der Waals surface area contributed by atoms with Crippen LogP contribution >= 0.6 is 0 Å². The number of nitrogens with one attached hydrogen (secondary N) is 1. The quantitative estimate of drug-likeness (QED) is 0.584. The molecule has 0 saturated carbocycles. The lowest BCUT2D eigenvalue weighted by Gasteiger charge is -2.13. The fraction of sp³-hybridized carbons (Fsp3) is 0.250. The van der Waals surface area contributed by atoms with Crippen molar-refractivity contribution in [3.63, 3.8) is 0 Å². The highest BCUT2D eigenvalue weighted by Gasteiger charge is 2.09. The third-order valence-electron chi connectivity index (χ3n) is 2.94. The summed E-state index contributed by atoms with van der Waals surface area (Å²) in [5.41, 5.74) is 0.462. The van der Waals surface area contributed by atoms with Crippen LogP contribution in [0.1, 0.15) is 11.7 Å². The molecule has 21 heavy (non-hydrogen) atoms. The molecule has 0 heterocycles. The Morgan fingerprint density at radius 3 is 2.33 bits per heavy atom. The number of aliphatic hydroxyl groups excluding tert-OH is 1. The van der Waals surface area contributed by atoms with Crippen molar-refractivity contribution < 1.29 is 20.1 Å². The third-order valence-corrected chi connectivity index (χ3v) is 2.94. The van der Waals surface area contributed by atoms with E-state index < -0.39 is 6.10 Å². The Morgan fingerprint density at radius 2 is 1.67 bits per heavy atom. The zero-order valence-corrected chi connectivity index (χ0v) is 11.6. The third kappa shape index (κ3) is 4.98. The van der Waals surface area contributed by atoms with Gasteiger partial charge in [0.2, 0.25) is 0 Å². The van der Waals surface area contributed by atoms with Gasteiger partial charge in [0, 0.05) is 19.2 Å². The highest BCUT2D eigenvalue weighted by atomic mass is 16.5. The number of hydrogen-bond acceptors (Lipinski definition) is 5. The van der Waals surface area contributed by atoms with Crippen molar-refractivity contribution in [1.29, 1.82) is 0 Å². The van der Waals surface area contributed by atoms with E-state index in [1.165, 1.54) is 18.2 Å². The first kappa shape index (κ1) is 15.2. The summed E-state index contributed by atoms with van der Waals surface area (Å²) in [5, 5.41) is 31.7. The SMILES string of the molecule is Oc1cc(O)cc(C(O)CNCCOc2ccccc2)c1. The molecule has 4 N–H and O–H groups in total. The van der Waals surface area contributed by atoms with Crippen molar-refractivity contribution in [3.8, 4) is 17.2 Å². The molecule has 0 aliphatic carbocycles.